The van der Waals surface area contributed by atoms with Crippen LogP contribution in [-0.2, 0) is 30.6 Å². The van der Waals surface area contributed by atoms with E-state index in [1.54, 1.807) is 11.3 Å². The van der Waals surface area contributed by atoms with Crippen molar-refractivity contribution in [2.75, 3.05) is 18.4 Å². The summed E-state index contributed by atoms with van der Waals surface area (Å²) in [7, 11) is 0. The standard InChI is InChI=1S/C21H23N3OS/c22-12-18-17-8-2-1-3-9-19(17)26-21(18)23-20(25)14-24-11-10-15-6-4-5-7-16(15)13-24/h4-7H,1-3,8-11,13-14H2,(H,23,25). The molecule has 1 N–H and O–H groups in total. The molecule has 0 atom stereocenters. The number of fused-ring (bicyclic) bond motifs is 2. The van der Waals surface area contributed by atoms with Crippen LogP contribution in [0.25, 0.3) is 0 Å². The van der Waals surface area contributed by atoms with Crippen molar-refractivity contribution in [3.8, 4) is 6.07 Å². The van der Waals surface area contributed by atoms with Gasteiger partial charge in [0, 0.05) is 18.0 Å². The molecule has 26 heavy (non-hydrogen) atoms. The van der Waals surface area contributed by atoms with Gasteiger partial charge < -0.3 is 5.32 Å². The van der Waals surface area contributed by atoms with Crippen LogP contribution in [0, 0.1) is 11.3 Å². The summed E-state index contributed by atoms with van der Waals surface area (Å²) in [5.41, 5.74) is 4.58. The number of aryl methyl sites for hydroxylation is 1. The van der Waals surface area contributed by atoms with E-state index < -0.39 is 0 Å². The highest BCUT2D eigenvalue weighted by molar-refractivity contribution is 7.16. The smallest absolute Gasteiger partial charge is 0.239 e. The topological polar surface area (TPSA) is 56.1 Å². The van der Waals surface area contributed by atoms with Crippen molar-refractivity contribution >= 4 is 22.2 Å². The fourth-order valence-electron chi connectivity index (χ4n) is 4.01. The van der Waals surface area contributed by atoms with E-state index >= 15 is 0 Å². The third kappa shape index (κ3) is 3.53. The number of amides is 1. The predicted molar refractivity (Wildman–Crippen MR) is 104 cm³/mol. The summed E-state index contributed by atoms with van der Waals surface area (Å²) >= 11 is 1.61. The van der Waals surface area contributed by atoms with E-state index in [2.05, 4.69) is 40.6 Å². The van der Waals surface area contributed by atoms with Crippen molar-refractivity contribution in [3.05, 3.63) is 51.4 Å². The van der Waals surface area contributed by atoms with Crippen LogP contribution < -0.4 is 5.32 Å². The Bertz CT molecular complexity index is 865. The van der Waals surface area contributed by atoms with Gasteiger partial charge >= 0.3 is 0 Å². The minimum Gasteiger partial charge on any atom is -0.315 e. The minimum atomic E-state index is -0.0164. The third-order valence-corrected chi connectivity index (χ3v) is 6.57. The van der Waals surface area contributed by atoms with Crippen molar-refractivity contribution in [1.29, 1.82) is 5.26 Å². The van der Waals surface area contributed by atoms with E-state index in [-0.39, 0.29) is 5.91 Å². The highest BCUT2D eigenvalue weighted by atomic mass is 32.1. The maximum absolute atomic E-state index is 12.6. The van der Waals surface area contributed by atoms with Crippen LogP contribution in [0.4, 0.5) is 5.00 Å². The largest absolute Gasteiger partial charge is 0.315 e. The number of hydrogen-bond donors (Lipinski definition) is 1. The van der Waals surface area contributed by atoms with Crippen molar-refractivity contribution < 1.29 is 4.79 Å². The Balaban J connectivity index is 1.44. The lowest BCUT2D eigenvalue weighted by molar-refractivity contribution is -0.117. The molecule has 1 aliphatic carbocycles. The second-order valence-electron chi connectivity index (χ2n) is 7.16. The van der Waals surface area contributed by atoms with Crippen LogP contribution in [0.1, 0.15) is 46.4 Å². The zero-order valence-electron chi connectivity index (χ0n) is 14.9. The number of anilines is 1. The summed E-state index contributed by atoms with van der Waals surface area (Å²) in [5.74, 6) is -0.0164. The van der Waals surface area contributed by atoms with Gasteiger partial charge in [0.25, 0.3) is 0 Å². The Kier molecular flexibility index (Phi) is 5.05. The molecule has 0 saturated carbocycles. The molecule has 4 rings (SSSR count). The van der Waals surface area contributed by atoms with Crippen LogP contribution in [-0.4, -0.2) is 23.9 Å². The van der Waals surface area contributed by atoms with E-state index in [1.807, 2.05) is 0 Å². The summed E-state index contributed by atoms with van der Waals surface area (Å²) in [6.07, 6.45) is 6.53. The second-order valence-corrected chi connectivity index (χ2v) is 8.26. The van der Waals surface area contributed by atoms with Gasteiger partial charge in [-0.3, -0.25) is 9.69 Å². The Labute approximate surface area is 158 Å². The molecule has 0 saturated heterocycles. The fourth-order valence-corrected chi connectivity index (χ4v) is 5.26. The molecule has 0 spiro atoms. The molecule has 0 fully saturated rings. The van der Waals surface area contributed by atoms with E-state index in [4.69, 9.17) is 0 Å². The summed E-state index contributed by atoms with van der Waals surface area (Å²) in [5, 5.41) is 13.4. The summed E-state index contributed by atoms with van der Waals surface area (Å²) in [4.78, 5) is 16.1. The van der Waals surface area contributed by atoms with Gasteiger partial charge in [-0.05, 0) is 48.8 Å². The van der Waals surface area contributed by atoms with Crippen LogP contribution in [0.15, 0.2) is 24.3 Å². The molecule has 1 aromatic carbocycles. The molecule has 1 aromatic heterocycles. The fraction of sp³-hybridized carbons (Fsp3) is 0.429. The highest BCUT2D eigenvalue weighted by Gasteiger charge is 2.22. The van der Waals surface area contributed by atoms with Crippen molar-refractivity contribution in [2.24, 2.45) is 0 Å². The molecule has 1 aliphatic heterocycles. The summed E-state index contributed by atoms with van der Waals surface area (Å²) in [6, 6.07) is 10.8. The maximum atomic E-state index is 12.6. The van der Waals surface area contributed by atoms with Gasteiger partial charge in [-0.15, -0.1) is 11.3 Å². The molecule has 0 bridgehead atoms. The van der Waals surface area contributed by atoms with Gasteiger partial charge in [-0.1, -0.05) is 30.7 Å². The molecule has 0 radical (unpaired) electrons. The number of nitrogens with one attached hydrogen (secondary N) is 1. The third-order valence-electron chi connectivity index (χ3n) is 5.36. The summed E-state index contributed by atoms with van der Waals surface area (Å²) in [6.45, 7) is 2.09. The number of nitrogens with zero attached hydrogens (tertiary/aromatic N) is 2. The number of hydrogen-bond acceptors (Lipinski definition) is 4. The Morgan fingerprint density at radius 1 is 1.15 bits per heavy atom. The molecular formula is C21H23N3OS. The molecule has 2 aliphatic rings. The van der Waals surface area contributed by atoms with Gasteiger partial charge in [0.15, 0.2) is 0 Å². The van der Waals surface area contributed by atoms with Crippen LogP contribution in [0.3, 0.4) is 0 Å². The highest BCUT2D eigenvalue weighted by Crippen LogP contribution is 2.37. The van der Waals surface area contributed by atoms with Crippen LogP contribution in [0.2, 0.25) is 0 Å². The zero-order valence-corrected chi connectivity index (χ0v) is 15.7. The van der Waals surface area contributed by atoms with Crippen LogP contribution in [0.5, 0.6) is 0 Å². The number of rotatable bonds is 3. The molecule has 4 nitrogen and oxygen atoms in total. The monoisotopic (exact) mass is 365 g/mol. The van der Waals surface area contributed by atoms with Gasteiger partial charge in [0.2, 0.25) is 5.91 Å². The van der Waals surface area contributed by atoms with Crippen molar-refractivity contribution in [3.63, 3.8) is 0 Å². The average molecular weight is 366 g/mol. The molecule has 1 amide bonds. The number of carbonyl (C=O) groups excluding carboxylic acids is 1. The first kappa shape index (κ1) is 17.3. The van der Waals surface area contributed by atoms with E-state index in [0.29, 0.717) is 12.1 Å². The second kappa shape index (κ2) is 7.61. The SMILES string of the molecule is N#Cc1c(NC(=O)CN2CCc3ccccc3C2)sc2c1CCCCC2. The quantitative estimate of drug-likeness (QED) is 0.840. The van der Waals surface area contributed by atoms with Gasteiger partial charge in [0.05, 0.1) is 12.1 Å². The van der Waals surface area contributed by atoms with Crippen molar-refractivity contribution in [2.45, 2.75) is 45.1 Å². The maximum Gasteiger partial charge on any atom is 0.239 e. The predicted octanol–water partition coefficient (Wildman–Crippen LogP) is 3.89. The van der Waals surface area contributed by atoms with Gasteiger partial charge in [-0.25, -0.2) is 0 Å². The van der Waals surface area contributed by atoms with Crippen LogP contribution >= 0.6 is 11.3 Å². The number of thiophene rings is 1. The van der Waals surface area contributed by atoms with E-state index in [0.717, 1.165) is 43.8 Å². The lowest BCUT2D eigenvalue weighted by atomic mass is 10.00. The minimum absolute atomic E-state index is 0.0164. The normalized spacial score (nSPS) is 16.9. The summed E-state index contributed by atoms with van der Waals surface area (Å²) < 4.78 is 0. The van der Waals surface area contributed by atoms with E-state index in [9.17, 15) is 10.1 Å². The zero-order chi connectivity index (χ0) is 17.9. The van der Waals surface area contributed by atoms with Gasteiger partial charge in [-0.2, -0.15) is 5.26 Å². The molecule has 2 aromatic rings. The first-order valence-electron chi connectivity index (χ1n) is 9.38. The molecule has 134 valence electrons. The average Bonchev–Trinajstić information content (AvgIpc) is 2.81. The first-order valence-corrected chi connectivity index (χ1v) is 10.2. The number of benzene rings is 1. The Morgan fingerprint density at radius 2 is 1.96 bits per heavy atom. The number of nitriles is 1. The molecule has 2 heterocycles. The lowest BCUT2D eigenvalue weighted by Crippen LogP contribution is -2.37. The molecular weight excluding hydrogens is 342 g/mol. The first-order chi connectivity index (χ1) is 12.7. The molecule has 0 unspecified atom stereocenters. The molecule has 5 heteroatoms. The Morgan fingerprint density at radius 3 is 2.81 bits per heavy atom. The van der Waals surface area contributed by atoms with E-state index in [1.165, 1.54) is 34.4 Å². The van der Waals surface area contributed by atoms with Gasteiger partial charge in [0.1, 0.15) is 11.1 Å². The number of carbonyl (C=O) groups is 1. The Hall–Kier alpha value is -2.16. The van der Waals surface area contributed by atoms with Crippen molar-refractivity contribution in [1.82, 2.24) is 4.90 Å². The lowest BCUT2D eigenvalue weighted by Gasteiger charge is -2.27.